The van der Waals surface area contributed by atoms with E-state index in [1.807, 2.05) is 28.4 Å². The number of aromatic nitrogens is 4. The smallest absolute Gasteiger partial charge is 0.141 e. The highest BCUT2D eigenvalue weighted by atomic mass is 35.5. The van der Waals surface area contributed by atoms with Gasteiger partial charge in [0.15, 0.2) is 0 Å². The van der Waals surface area contributed by atoms with Gasteiger partial charge >= 0.3 is 0 Å². The molecule has 208 valence electrons. The fraction of sp³-hybridized carbons (Fsp3) is 0.214. The minimum atomic E-state index is -0.540. The maximum atomic E-state index is 13.8. The number of pyridine rings is 1. The van der Waals surface area contributed by atoms with Crippen LogP contribution < -0.4 is 16.0 Å². The van der Waals surface area contributed by atoms with Gasteiger partial charge in [-0.25, -0.2) is 9.07 Å². The highest BCUT2D eigenvalue weighted by Gasteiger charge is 2.25. The van der Waals surface area contributed by atoms with Crippen molar-refractivity contribution in [2.24, 2.45) is 0 Å². The van der Waals surface area contributed by atoms with Gasteiger partial charge in [-0.15, -0.1) is 16.4 Å². The van der Waals surface area contributed by atoms with Crippen molar-refractivity contribution in [1.29, 1.82) is 5.26 Å². The van der Waals surface area contributed by atoms with E-state index in [0.717, 1.165) is 30.8 Å². The van der Waals surface area contributed by atoms with Crippen LogP contribution in [-0.4, -0.2) is 33.1 Å². The maximum Gasteiger partial charge on any atom is 0.141 e. The molecule has 0 bridgehead atoms. The average Bonchev–Trinajstić information content (AvgIpc) is 3.64. The summed E-state index contributed by atoms with van der Waals surface area (Å²) in [5.41, 5.74) is 3.13. The lowest BCUT2D eigenvalue weighted by molar-refractivity contribution is 0.337. The van der Waals surface area contributed by atoms with Crippen LogP contribution in [0.2, 0.25) is 15.1 Å². The molecule has 4 heterocycles. The van der Waals surface area contributed by atoms with E-state index >= 15 is 0 Å². The van der Waals surface area contributed by atoms with Gasteiger partial charge in [-0.2, -0.15) is 5.26 Å². The number of nitrogens with zero attached hydrogens (tertiary/aromatic N) is 5. The average molecular weight is 628 g/mol. The van der Waals surface area contributed by atoms with Crippen molar-refractivity contribution < 1.29 is 4.39 Å². The summed E-state index contributed by atoms with van der Waals surface area (Å²) in [7, 11) is 0. The Kier molecular flexibility index (Phi) is 7.97. The number of benzene rings is 2. The predicted molar refractivity (Wildman–Crippen MR) is 162 cm³/mol. The van der Waals surface area contributed by atoms with Crippen LogP contribution in [-0.2, 0) is 0 Å². The summed E-state index contributed by atoms with van der Waals surface area (Å²) in [5.74, 6) is -0.540. The topological polar surface area (TPSA) is 103 Å². The highest BCUT2D eigenvalue weighted by Crippen LogP contribution is 2.39. The lowest BCUT2D eigenvalue weighted by Crippen LogP contribution is -2.29. The first kappa shape index (κ1) is 27.7. The van der Waals surface area contributed by atoms with E-state index in [0.29, 0.717) is 43.7 Å². The molecule has 1 aliphatic rings. The minimum Gasteiger partial charge on any atom is -0.372 e. The van der Waals surface area contributed by atoms with Gasteiger partial charge in [0.1, 0.15) is 23.6 Å². The maximum absolute atomic E-state index is 13.8. The third-order valence-corrected chi connectivity index (χ3v) is 8.96. The van der Waals surface area contributed by atoms with Crippen molar-refractivity contribution in [2.45, 2.75) is 24.9 Å². The van der Waals surface area contributed by atoms with Crippen molar-refractivity contribution >= 4 is 74.1 Å². The molecule has 8 nitrogen and oxygen atoms in total. The number of thiophene rings is 1. The van der Waals surface area contributed by atoms with Crippen LogP contribution in [0.4, 0.5) is 21.5 Å². The van der Waals surface area contributed by atoms with Gasteiger partial charge in [-0.05, 0) is 67.7 Å². The number of nitriles is 1. The first-order chi connectivity index (χ1) is 19.9. The van der Waals surface area contributed by atoms with Crippen LogP contribution in [0.5, 0.6) is 0 Å². The Hall–Kier alpha value is -3.46. The second-order valence-corrected chi connectivity index (χ2v) is 11.8. The van der Waals surface area contributed by atoms with E-state index in [4.69, 9.17) is 34.8 Å². The molecule has 0 amide bonds. The molecule has 0 spiro atoms. The molecule has 0 unspecified atom stereocenters. The number of piperidine rings is 1. The number of nitrogens with one attached hydrogen (secondary N) is 3. The summed E-state index contributed by atoms with van der Waals surface area (Å²) < 4.78 is 15.7. The Labute approximate surface area is 254 Å². The summed E-state index contributed by atoms with van der Waals surface area (Å²) >= 11 is 20.8. The van der Waals surface area contributed by atoms with E-state index in [9.17, 15) is 9.65 Å². The molecule has 0 saturated carbocycles. The van der Waals surface area contributed by atoms with E-state index in [2.05, 4.69) is 37.3 Å². The molecule has 1 fully saturated rings. The van der Waals surface area contributed by atoms with E-state index in [1.165, 1.54) is 29.7 Å². The van der Waals surface area contributed by atoms with E-state index in [-0.39, 0.29) is 16.6 Å². The molecule has 0 aliphatic carbocycles. The summed E-state index contributed by atoms with van der Waals surface area (Å²) in [4.78, 5) is 5.30. The van der Waals surface area contributed by atoms with Crippen molar-refractivity contribution in [2.75, 3.05) is 23.7 Å². The monoisotopic (exact) mass is 626 g/mol. The first-order valence-electron chi connectivity index (χ1n) is 12.8. The number of fused-ring (bicyclic) bond motifs is 1. The number of rotatable bonds is 7. The first-order valence-corrected chi connectivity index (χ1v) is 14.8. The number of anilines is 3. The fourth-order valence-corrected chi connectivity index (χ4v) is 6.58. The third kappa shape index (κ3) is 5.69. The largest absolute Gasteiger partial charge is 0.372 e. The van der Waals surface area contributed by atoms with Crippen LogP contribution in [0, 0.1) is 17.1 Å². The van der Waals surface area contributed by atoms with E-state index in [1.54, 1.807) is 12.1 Å². The third-order valence-electron chi connectivity index (χ3n) is 6.96. The molecule has 0 radical (unpaired) electrons. The Balaban J connectivity index is 1.41. The molecule has 1 atom stereocenters. The zero-order chi connectivity index (χ0) is 28.5. The Morgan fingerprint density at radius 2 is 1.88 bits per heavy atom. The van der Waals surface area contributed by atoms with Gasteiger partial charge in [0.25, 0.3) is 0 Å². The van der Waals surface area contributed by atoms with Gasteiger partial charge in [0.05, 0.1) is 49.0 Å². The molecule has 3 aromatic heterocycles. The Morgan fingerprint density at radius 1 is 1.07 bits per heavy atom. The van der Waals surface area contributed by atoms with Crippen molar-refractivity contribution in [3.05, 3.63) is 91.2 Å². The number of hydrogen-bond donors (Lipinski definition) is 3. The summed E-state index contributed by atoms with van der Waals surface area (Å²) in [6.07, 6.45) is 5.36. The molecule has 3 N–H and O–H groups in total. The fourth-order valence-electron chi connectivity index (χ4n) is 4.90. The van der Waals surface area contributed by atoms with Crippen molar-refractivity contribution in [3.8, 4) is 6.07 Å². The molecule has 5 aromatic rings. The van der Waals surface area contributed by atoms with Gasteiger partial charge in [0, 0.05) is 23.0 Å². The number of halogens is 4. The van der Waals surface area contributed by atoms with Crippen LogP contribution in [0.1, 0.15) is 41.1 Å². The molecular formula is C28H22Cl3FN8S. The molecule has 1 aliphatic heterocycles. The summed E-state index contributed by atoms with van der Waals surface area (Å²) in [5, 5.41) is 32.4. The predicted octanol–water partition coefficient (Wildman–Crippen LogP) is 7.73. The molecule has 41 heavy (non-hydrogen) atoms. The molecule has 1 saturated heterocycles. The molecule has 13 heteroatoms. The number of hydrogen-bond acceptors (Lipinski definition) is 8. The van der Waals surface area contributed by atoms with Crippen molar-refractivity contribution in [1.82, 2.24) is 25.3 Å². The van der Waals surface area contributed by atoms with Gasteiger partial charge in [-0.3, -0.25) is 4.98 Å². The van der Waals surface area contributed by atoms with E-state index < -0.39 is 11.9 Å². The zero-order valence-corrected chi connectivity index (χ0v) is 24.4. The minimum absolute atomic E-state index is 0.0412. The van der Waals surface area contributed by atoms with Crippen LogP contribution in [0.25, 0.3) is 10.9 Å². The molecule has 6 rings (SSSR count). The Morgan fingerprint density at radius 3 is 2.61 bits per heavy atom. The van der Waals surface area contributed by atoms with Gasteiger partial charge in [0.2, 0.25) is 0 Å². The second kappa shape index (κ2) is 11.8. The lowest BCUT2D eigenvalue weighted by Gasteiger charge is -2.22. The van der Waals surface area contributed by atoms with Crippen LogP contribution in [0.15, 0.2) is 54.2 Å². The van der Waals surface area contributed by atoms with Crippen LogP contribution in [0.3, 0.4) is 0 Å². The second-order valence-electron chi connectivity index (χ2n) is 9.58. The standard InChI is InChI=1S/C28H22Cl3FN8S/c29-20-5-8-41-28(20)27(24-14-40(39-38-24)18-3-6-34-7-4-18)37-17-9-19-25(36-16-1-2-23(32)21(30)10-16)15(12-33)13-35-26(19)22(31)11-17/h1-2,5,8-11,13-14,18,27,34,37H,3-4,6-7H2,(H,35,36)/t27-/m1/s1. The van der Waals surface area contributed by atoms with Gasteiger partial charge < -0.3 is 16.0 Å². The highest BCUT2D eigenvalue weighted by molar-refractivity contribution is 7.10. The zero-order valence-electron chi connectivity index (χ0n) is 21.3. The lowest BCUT2D eigenvalue weighted by atomic mass is 10.1. The summed E-state index contributed by atoms with van der Waals surface area (Å²) in [6, 6.07) is 11.8. The SMILES string of the molecule is N#Cc1cnc2c(Cl)cc(N[C@H](c3cn(C4CCNCC4)nn3)c3sccc3Cl)cc2c1Nc1ccc(F)c(Cl)c1. The summed E-state index contributed by atoms with van der Waals surface area (Å²) in [6.45, 7) is 1.88. The Bertz CT molecular complexity index is 1780. The quantitative estimate of drug-likeness (QED) is 0.170. The molecule has 2 aromatic carbocycles. The molecular weight excluding hydrogens is 606 g/mol. The van der Waals surface area contributed by atoms with Crippen molar-refractivity contribution in [3.63, 3.8) is 0 Å². The van der Waals surface area contributed by atoms with Crippen LogP contribution >= 0.6 is 46.1 Å². The normalized spacial score (nSPS) is 14.6. The van der Waals surface area contributed by atoms with Gasteiger partial charge in [-0.1, -0.05) is 40.0 Å².